The minimum Gasteiger partial charge on any atom is -0.496 e. The maximum atomic E-state index is 11.4. The first kappa shape index (κ1) is 21.9. The number of H-pyrrole nitrogens is 1. The first-order chi connectivity index (χ1) is 16.9. The molecule has 2 aromatic carbocycles. The number of nitrogens with one attached hydrogen (secondary N) is 1. The van der Waals surface area contributed by atoms with Gasteiger partial charge in [-0.25, -0.2) is 4.79 Å². The van der Waals surface area contributed by atoms with Crippen molar-refractivity contribution < 1.29 is 14.6 Å². The van der Waals surface area contributed by atoms with Crippen LogP contribution in [0, 0.1) is 6.92 Å². The number of aromatic carboxylic acids is 1. The predicted octanol–water partition coefficient (Wildman–Crippen LogP) is 4.03. The quantitative estimate of drug-likeness (QED) is 0.457. The standard InChI is InChI=1S/C27H29N5O3/c1-16-10-25(35-3)20(19-8-9-28-26(16)19)12-31-15-24-21-11-30(2)29-22(21)13-32(24)14-23(31)17-4-6-18(7-5-17)27(33)34/h4-11,23-24,28H,12-15H2,1-3H3,(H,33,34)/t23-,24+/m0/s1. The molecule has 6 rings (SSSR count). The zero-order valence-electron chi connectivity index (χ0n) is 20.2. The van der Waals surface area contributed by atoms with Crippen LogP contribution in [-0.4, -0.2) is 55.8 Å². The van der Waals surface area contributed by atoms with Crippen molar-refractivity contribution in [1.29, 1.82) is 0 Å². The number of carboxylic acid groups (broad SMARTS) is 1. The molecule has 1 fully saturated rings. The number of carbonyl (C=O) groups is 1. The van der Waals surface area contributed by atoms with Gasteiger partial charge in [0.15, 0.2) is 0 Å². The van der Waals surface area contributed by atoms with E-state index in [1.165, 1.54) is 16.5 Å². The molecule has 2 aliphatic heterocycles. The van der Waals surface area contributed by atoms with Crippen molar-refractivity contribution in [2.75, 3.05) is 20.2 Å². The van der Waals surface area contributed by atoms with Crippen molar-refractivity contribution >= 4 is 16.9 Å². The maximum absolute atomic E-state index is 11.4. The third kappa shape index (κ3) is 3.61. The van der Waals surface area contributed by atoms with Crippen LogP contribution in [0.5, 0.6) is 5.75 Å². The average Bonchev–Trinajstić information content (AvgIpc) is 3.55. The van der Waals surface area contributed by atoms with Gasteiger partial charge >= 0.3 is 5.97 Å². The second kappa shape index (κ2) is 8.25. The Labute approximate surface area is 203 Å². The Balaban J connectivity index is 1.41. The molecule has 0 bridgehead atoms. The Hall–Kier alpha value is -3.62. The van der Waals surface area contributed by atoms with Crippen LogP contribution in [0.1, 0.15) is 50.4 Å². The number of piperazine rings is 1. The summed E-state index contributed by atoms with van der Waals surface area (Å²) in [6.07, 6.45) is 4.14. The molecule has 2 aromatic heterocycles. The minimum absolute atomic E-state index is 0.117. The lowest BCUT2D eigenvalue weighted by atomic mass is 9.96. The van der Waals surface area contributed by atoms with Gasteiger partial charge in [-0.3, -0.25) is 14.5 Å². The molecule has 1 saturated heterocycles. The van der Waals surface area contributed by atoms with Crippen LogP contribution in [0.2, 0.25) is 0 Å². The molecule has 0 aliphatic carbocycles. The normalized spacial score (nSPS) is 20.2. The molecule has 2 N–H and O–H groups in total. The third-order valence-corrected chi connectivity index (χ3v) is 7.58. The van der Waals surface area contributed by atoms with Crippen LogP contribution in [-0.2, 0) is 20.1 Å². The summed E-state index contributed by atoms with van der Waals surface area (Å²) in [6, 6.07) is 12.0. The summed E-state index contributed by atoms with van der Waals surface area (Å²) in [7, 11) is 3.71. The van der Waals surface area contributed by atoms with Gasteiger partial charge in [0.1, 0.15) is 5.75 Å². The minimum atomic E-state index is -0.905. The highest BCUT2D eigenvalue weighted by molar-refractivity contribution is 5.88. The third-order valence-electron chi connectivity index (χ3n) is 7.58. The second-order valence-electron chi connectivity index (χ2n) is 9.66. The lowest BCUT2D eigenvalue weighted by molar-refractivity contribution is 0.0269. The van der Waals surface area contributed by atoms with Crippen molar-refractivity contribution in [2.45, 2.75) is 32.1 Å². The number of rotatable bonds is 5. The molecule has 8 heteroatoms. The van der Waals surface area contributed by atoms with Gasteiger partial charge in [-0.15, -0.1) is 0 Å². The van der Waals surface area contributed by atoms with E-state index in [-0.39, 0.29) is 12.1 Å². The molecule has 4 aromatic rings. The fourth-order valence-electron chi connectivity index (χ4n) is 5.87. The van der Waals surface area contributed by atoms with E-state index < -0.39 is 5.97 Å². The number of ether oxygens (including phenoxy) is 1. The van der Waals surface area contributed by atoms with E-state index >= 15 is 0 Å². The molecule has 35 heavy (non-hydrogen) atoms. The highest BCUT2D eigenvalue weighted by Gasteiger charge is 2.41. The molecule has 0 spiro atoms. The zero-order chi connectivity index (χ0) is 24.3. The van der Waals surface area contributed by atoms with Crippen LogP contribution in [0.15, 0.2) is 48.8 Å². The fraction of sp³-hybridized carbons (Fsp3) is 0.333. The highest BCUT2D eigenvalue weighted by Crippen LogP contribution is 2.43. The van der Waals surface area contributed by atoms with E-state index in [0.29, 0.717) is 5.56 Å². The van der Waals surface area contributed by atoms with E-state index in [0.717, 1.165) is 54.3 Å². The summed E-state index contributed by atoms with van der Waals surface area (Å²) in [5.41, 5.74) is 7.35. The number of aromatic amines is 1. The number of nitrogens with zero attached hydrogens (tertiary/aromatic N) is 4. The van der Waals surface area contributed by atoms with Crippen molar-refractivity contribution in [3.8, 4) is 5.75 Å². The molecule has 0 saturated carbocycles. The molecule has 0 radical (unpaired) electrons. The van der Waals surface area contributed by atoms with Gasteiger partial charge in [-0.2, -0.15) is 5.10 Å². The number of hydrogen-bond donors (Lipinski definition) is 2. The Kier molecular flexibility index (Phi) is 5.16. The number of hydrogen-bond acceptors (Lipinski definition) is 5. The lowest BCUT2D eigenvalue weighted by Gasteiger charge is -2.44. The number of carboxylic acids is 1. The molecular weight excluding hydrogens is 442 g/mol. The largest absolute Gasteiger partial charge is 0.496 e. The molecule has 180 valence electrons. The Bertz CT molecular complexity index is 1420. The van der Waals surface area contributed by atoms with E-state index in [1.807, 2.05) is 30.1 Å². The van der Waals surface area contributed by atoms with Crippen LogP contribution < -0.4 is 4.74 Å². The van der Waals surface area contributed by atoms with Gasteiger partial charge in [0.25, 0.3) is 0 Å². The van der Waals surface area contributed by atoms with E-state index in [1.54, 1.807) is 19.2 Å². The highest BCUT2D eigenvalue weighted by atomic mass is 16.5. The SMILES string of the molecule is COc1cc(C)c2[nH]ccc2c1CN1C[C@@H]2c3cn(C)nc3CN2C[C@H]1c1ccc(C(=O)O)cc1. The van der Waals surface area contributed by atoms with Gasteiger partial charge in [0.05, 0.1) is 24.4 Å². The summed E-state index contributed by atoms with van der Waals surface area (Å²) in [4.78, 5) is 19.8. The van der Waals surface area contributed by atoms with Gasteiger partial charge in [-0.1, -0.05) is 12.1 Å². The van der Waals surface area contributed by atoms with Crippen LogP contribution in [0.4, 0.5) is 0 Å². The number of benzene rings is 2. The molecule has 0 amide bonds. The van der Waals surface area contributed by atoms with E-state index in [2.05, 4.69) is 40.0 Å². The van der Waals surface area contributed by atoms with Gasteiger partial charge in [0.2, 0.25) is 0 Å². The van der Waals surface area contributed by atoms with Crippen LogP contribution >= 0.6 is 0 Å². The first-order valence-electron chi connectivity index (χ1n) is 11.9. The summed E-state index contributed by atoms with van der Waals surface area (Å²) >= 11 is 0. The summed E-state index contributed by atoms with van der Waals surface area (Å²) in [5.74, 6) is -0.0108. The van der Waals surface area contributed by atoms with Gasteiger partial charge in [0, 0.05) is 73.7 Å². The smallest absolute Gasteiger partial charge is 0.335 e. The summed E-state index contributed by atoms with van der Waals surface area (Å²) in [6.45, 7) is 5.37. The van der Waals surface area contributed by atoms with Crippen LogP contribution in [0.25, 0.3) is 10.9 Å². The van der Waals surface area contributed by atoms with Crippen molar-refractivity contribution in [3.05, 3.63) is 82.3 Å². The number of aromatic nitrogens is 3. The predicted molar refractivity (Wildman–Crippen MR) is 132 cm³/mol. The number of fused-ring (bicyclic) bond motifs is 4. The molecule has 0 unspecified atom stereocenters. The van der Waals surface area contributed by atoms with Gasteiger partial charge in [-0.05, 0) is 42.3 Å². The van der Waals surface area contributed by atoms with Crippen molar-refractivity contribution in [1.82, 2.24) is 24.6 Å². The van der Waals surface area contributed by atoms with Crippen molar-refractivity contribution in [2.24, 2.45) is 7.05 Å². The summed E-state index contributed by atoms with van der Waals surface area (Å²) < 4.78 is 7.76. The Morgan fingerprint density at radius 3 is 2.74 bits per heavy atom. The van der Waals surface area contributed by atoms with Gasteiger partial charge < -0.3 is 14.8 Å². The maximum Gasteiger partial charge on any atom is 0.335 e. The molecular formula is C27H29N5O3. The zero-order valence-corrected chi connectivity index (χ0v) is 20.2. The van der Waals surface area contributed by atoms with Crippen molar-refractivity contribution in [3.63, 3.8) is 0 Å². The second-order valence-corrected chi connectivity index (χ2v) is 9.66. The summed E-state index contributed by atoms with van der Waals surface area (Å²) in [5, 5.41) is 15.2. The van der Waals surface area contributed by atoms with E-state index in [4.69, 9.17) is 9.84 Å². The fourth-order valence-corrected chi connectivity index (χ4v) is 5.87. The molecule has 2 atom stereocenters. The monoisotopic (exact) mass is 471 g/mol. The van der Waals surface area contributed by atoms with E-state index in [9.17, 15) is 9.90 Å². The Morgan fingerprint density at radius 2 is 2.00 bits per heavy atom. The lowest BCUT2D eigenvalue weighted by Crippen LogP contribution is -2.47. The van der Waals surface area contributed by atoms with Crippen LogP contribution in [0.3, 0.4) is 0 Å². The molecule has 2 aliphatic rings. The molecule has 8 nitrogen and oxygen atoms in total. The number of methoxy groups -OCH3 is 1. The average molecular weight is 472 g/mol. The number of aryl methyl sites for hydroxylation is 2. The first-order valence-corrected chi connectivity index (χ1v) is 11.9. The Morgan fingerprint density at radius 1 is 1.20 bits per heavy atom. The topological polar surface area (TPSA) is 86.6 Å². The molecule has 4 heterocycles.